The Hall–Kier alpha value is -2.14. The van der Waals surface area contributed by atoms with Gasteiger partial charge in [-0.1, -0.05) is 58.8 Å². The smallest absolute Gasteiger partial charge is 0.159 e. The number of aromatic nitrogens is 2. The van der Waals surface area contributed by atoms with E-state index < -0.39 is 0 Å². The fourth-order valence-corrected chi connectivity index (χ4v) is 3.09. The molecule has 0 aliphatic rings. The Morgan fingerprint density at radius 3 is 1.90 bits per heavy atom. The van der Waals surface area contributed by atoms with E-state index in [0.717, 1.165) is 37.4 Å². The highest BCUT2D eigenvalue weighted by Crippen LogP contribution is 2.20. The monoisotopic (exact) mass is 414 g/mol. The molecule has 0 spiro atoms. The molecule has 0 saturated heterocycles. The minimum absolute atomic E-state index is 0.515. The Labute approximate surface area is 182 Å². The summed E-state index contributed by atoms with van der Waals surface area (Å²) in [5.41, 5.74) is 0.965. The quantitative estimate of drug-likeness (QED) is 0.278. The molecule has 1 heterocycles. The van der Waals surface area contributed by atoms with E-state index in [-0.39, 0.29) is 0 Å². The number of rotatable bonds is 17. The topological polar surface area (TPSA) is 53.5 Å². The molecule has 5 nitrogen and oxygen atoms in total. The van der Waals surface area contributed by atoms with Crippen LogP contribution in [0.25, 0.3) is 11.4 Å². The predicted molar refractivity (Wildman–Crippen MR) is 122 cm³/mol. The number of ether oxygens (including phenoxy) is 3. The first-order valence-electron chi connectivity index (χ1n) is 11.6. The molecule has 1 aromatic heterocycles. The minimum atomic E-state index is 0.515. The highest BCUT2D eigenvalue weighted by atomic mass is 16.5. The van der Waals surface area contributed by atoms with Crippen LogP contribution in [0.5, 0.6) is 11.5 Å². The van der Waals surface area contributed by atoms with E-state index in [9.17, 15) is 0 Å². The predicted octanol–water partition coefficient (Wildman–Crippen LogP) is 6.47. The molecule has 0 radical (unpaired) electrons. The van der Waals surface area contributed by atoms with Gasteiger partial charge in [0.05, 0.1) is 25.6 Å². The highest BCUT2D eigenvalue weighted by molar-refractivity contribution is 5.56. The number of hydrogen-bond donors (Lipinski definition) is 0. The molecular weight excluding hydrogens is 376 g/mol. The molecule has 0 fully saturated rings. The lowest BCUT2D eigenvalue weighted by Crippen LogP contribution is -2.08. The zero-order chi connectivity index (χ0) is 21.3. The maximum Gasteiger partial charge on any atom is 0.159 e. The second kappa shape index (κ2) is 15.7. The molecule has 2 rings (SSSR count). The van der Waals surface area contributed by atoms with Crippen molar-refractivity contribution in [1.29, 1.82) is 0 Å². The fourth-order valence-electron chi connectivity index (χ4n) is 3.09. The van der Waals surface area contributed by atoms with Crippen molar-refractivity contribution in [3.05, 3.63) is 36.7 Å². The zero-order valence-corrected chi connectivity index (χ0v) is 18.8. The van der Waals surface area contributed by atoms with Gasteiger partial charge < -0.3 is 14.2 Å². The van der Waals surface area contributed by atoms with E-state index in [1.54, 1.807) is 12.4 Å². The summed E-state index contributed by atoms with van der Waals surface area (Å²) < 4.78 is 17.0. The molecule has 2 aromatic rings. The molecule has 0 aliphatic carbocycles. The van der Waals surface area contributed by atoms with Crippen molar-refractivity contribution in [2.75, 3.05) is 26.4 Å². The molecule has 0 saturated carbocycles. The number of nitrogens with zero attached hydrogens (tertiary/aromatic N) is 2. The molecule has 30 heavy (non-hydrogen) atoms. The second-order valence-corrected chi connectivity index (χ2v) is 7.55. The summed E-state index contributed by atoms with van der Waals surface area (Å²) in [6, 6.07) is 7.95. The van der Waals surface area contributed by atoms with E-state index in [1.807, 2.05) is 24.3 Å². The van der Waals surface area contributed by atoms with Crippen LogP contribution in [-0.4, -0.2) is 36.4 Å². The van der Waals surface area contributed by atoms with Gasteiger partial charge in [-0.05, 0) is 37.1 Å². The zero-order valence-electron chi connectivity index (χ0n) is 18.8. The average molecular weight is 415 g/mol. The molecule has 0 unspecified atom stereocenters. The van der Waals surface area contributed by atoms with Gasteiger partial charge in [0.25, 0.3) is 0 Å². The molecule has 166 valence electrons. The van der Waals surface area contributed by atoms with Crippen LogP contribution in [0, 0.1) is 0 Å². The van der Waals surface area contributed by atoms with Crippen molar-refractivity contribution < 1.29 is 14.2 Å². The van der Waals surface area contributed by atoms with Gasteiger partial charge in [0, 0.05) is 12.2 Å². The molecule has 1 aromatic carbocycles. The van der Waals surface area contributed by atoms with Crippen molar-refractivity contribution >= 4 is 0 Å². The Morgan fingerprint density at radius 1 is 0.600 bits per heavy atom. The summed E-state index contributed by atoms with van der Waals surface area (Å²) in [6.45, 7) is 7.12. The van der Waals surface area contributed by atoms with Crippen molar-refractivity contribution in [3.63, 3.8) is 0 Å². The Morgan fingerprint density at radius 2 is 1.20 bits per heavy atom. The van der Waals surface area contributed by atoms with Crippen molar-refractivity contribution in [2.24, 2.45) is 0 Å². The van der Waals surface area contributed by atoms with Crippen molar-refractivity contribution in [2.45, 2.75) is 71.6 Å². The lowest BCUT2D eigenvalue weighted by Gasteiger charge is -2.08. The highest BCUT2D eigenvalue weighted by Gasteiger charge is 2.03. The third-order valence-corrected chi connectivity index (χ3v) is 4.90. The normalized spacial score (nSPS) is 10.9. The fraction of sp³-hybridized carbons (Fsp3) is 0.600. The number of unbranched alkanes of at least 4 members (excludes halogenated alkanes) is 7. The van der Waals surface area contributed by atoms with Gasteiger partial charge in [-0.2, -0.15) is 0 Å². The average Bonchev–Trinajstić information content (AvgIpc) is 2.79. The summed E-state index contributed by atoms with van der Waals surface area (Å²) in [5, 5.41) is 0. The van der Waals surface area contributed by atoms with Crippen molar-refractivity contribution in [1.82, 2.24) is 9.97 Å². The maximum atomic E-state index is 5.81. The van der Waals surface area contributed by atoms with E-state index in [2.05, 4.69) is 23.8 Å². The van der Waals surface area contributed by atoms with Crippen LogP contribution in [0.2, 0.25) is 0 Å². The SMILES string of the molecule is CCCCCCCOc1ccc(-c2ncc(OCCOCCCCCC)cn2)cc1. The summed E-state index contributed by atoms with van der Waals surface area (Å²) >= 11 is 0. The van der Waals surface area contributed by atoms with Crippen LogP contribution in [0.3, 0.4) is 0 Å². The van der Waals surface area contributed by atoms with Crippen LogP contribution in [-0.2, 0) is 4.74 Å². The van der Waals surface area contributed by atoms with E-state index >= 15 is 0 Å². The largest absolute Gasteiger partial charge is 0.494 e. The van der Waals surface area contributed by atoms with Gasteiger partial charge in [-0.25, -0.2) is 9.97 Å². The first kappa shape index (κ1) is 24.1. The number of hydrogen-bond acceptors (Lipinski definition) is 5. The van der Waals surface area contributed by atoms with Gasteiger partial charge >= 0.3 is 0 Å². The van der Waals surface area contributed by atoms with Gasteiger partial charge in [0.1, 0.15) is 12.4 Å². The van der Waals surface area contributed by atoms with Gasteiger partial charge in [0.2, 0.25) is 0 Å². The van der Waals surface area contributed by atoms with E-state index in [0.29, 0.717) is 24.8 Å². The Balaban J connectivity index is 1.65. The van der Waals surface area contributed by atoms with Gasteiger partial charge in [0.15, 0.2) is 11.6 Å². The van der Waals surface area contributed by atoms with Crippen molar-refractivity contribution in [3.8, 4) is 22.9 Å². The standard InChI is InChI=1S/C25H38N2O3/c1-3-5-7-9-11-17-29-23-14-12-22(13-15-23)25-26-20-24(21-27-25)30-19-18-28-16-10-8-6-4-2/h12-15,20-21H,3-11,16-19H2,1-2H3. The van der Waals surface area contributed by atoms with Gasteiger partial charge in [-0.15, -0.1) is 0 Å². The third kappa shape index (κ3) is 10.1. The van der Waals surface area contributed by atoms with Crippen LogP contribution in [0.4, 0.5) is 0 Å². The molecule has 0 bridgehead atoms. The van der Waals surface area contributed by atoms with Crippen LogP contribution in [0.1, 0.15) is 71.6 Å². The lowest BCUT2D eigenvalue weighted by atomic mass is 10.2. The first-order valence-corrected chi connectivity index (χ1v) is 11.6. The summed E-state index contributed by atoms with van der Waals surface area (Å²) in [7, 11) is 0. The van der Waals surface area contributed by atoms with Gasteiger partial charge in [-0.3, -0.25) is 0 Å². The molecule has 0 aliphatic heterocycles. The third-order valence-electron chi connectivity index (χ3n) is 4.90. The first-order chi connectivity index (χ1) is 14.8. The van der Waals surface area contributed by atoms with Crippen LogP contribution < -0.4 is 9.47 Å². The molecule has 0 amide bonds. The summed E-state index contributed by atoms with van der Waals surface area (Å²) in [4.78, 5) is 8.83. The minimum Gasteiger partial charge on any atom is -0.494 e. The molecule has 0 N–H and O–H groups in total. The summed E-state index contributed by atoms with van der Waals surface area (Å²) in [6.07, 6.45) is 14.5. The van der Waals surface area contributed by atoms with E-state index in [1.165, 1.54) is 44.9 Å². The van der Waals surface area contributed by atoms with Crippen LogP contribution in [0.15, 0.2) is 36.7 Å². The lowest BCUT2D eigenvalue weighted by molar-refractivity contribution is 0.0969. The molecule has 5 heteroatoms. The Kier molecular flexibility index (Phi) is 12.6. The number of benzene rings is 1. The second-order valence-electron chi connectivity index (χ2n) is 7.55. The molecular formula is C25H38N2O3. The van der Waals surface area contributed by atoms with E-state index in [4.69, 9.17) is 14.2 Å². The van der Waals surface area contributed by atoms with Crippen LogP contribution >= 0.6 is 0 Å². The summed E-state index contributed by atoms with van der Waals surface area (Å²) in [5.74, 6) is 2.24. The maximum absolute atomic E-state index is 5.81. The Bertz CT molecular complexity index is 659. The molecule has 0 atom stereocenters.